The van der Waals surface area contributed by atoms with Crippen LogP contribution in [0.3, 0.4) is 0 Å². The molecule has 174 valence electrons. The normalized spacial score (nSPS) is 12.5. The smallest absolute Gasteiger partial charge is 0.260 e. The van der Waals surface area contributed by atoms with Crippen LogP contribution >= 0.6 is 23.2 Å². The molecule has 2 unspecified atom stereocenters. The fourth-order valence-corrected chi connectivity index (χ4v) is 3.24. The number of nitrogens with one attached hydrogen (secondary N) is 2. The minimum absolute atomic E-state index is 0.176. The first-order valence-electron chi connectivity index (χ1n) is 10.8. The van der Waals surface area contributed by atoms with E-state index in [0.717, 1.165) is 25.7 Å². The minimum atomic E-state index is -0.625. The SMILES string of the molecule is CC(Oc1ccccc1Cl)C(=O)NCCCCCCNC(=O)C(C)Oc1ccccc1Cl. The first-order valence-corrected chi connectivity index (χ1v) is 11.5. The highest BCUT2D eigenvalue weighted by Crippen LogP contribution is 2.25. The number of halogens is 2. The second-order valence-corrected chi connectivity index (χ2v) is 8.19. The number of para-hydroxylation sites is 2. The van der Waals surface area contributed by atoms with E-state index in [9.17, 15) is 9.59 Å². The zero-order chi connectivity index (χ0) is 23.3. The van der Waals surface area contributed by atoms with E-state index in [0.29, 0.717) is 34.6 Å². The van der Waals surface area contributed by atoms with Gasteiger partial charge in [0, 0.05) is 13.1 Å². The van der Waals surface area contributed by atoms with Gasteiger partial charge in [-0.15, -0.1) is 0 Å². The quantitative estimate of drug-likeness (QED) is 0.394. The number of carbonyl (C=O) groups excluding carboxylic acids is 2. The maximum atomic E-state index is 12.1. The summed E-state index contributed by atoms with van der Waals surface area (Å²) in [5, 5.41) is 6.69. The summed E-state index contributed by atoms with van der Waals surface area (Å²) in [5.41, 5.74) is 0. The van der Waals surface area contributed by atoms with Crippen molar-refractivity contribution in [2.45, 2.75) is 51.7 Å². The third-order valence-corrected chi connectivity index (χ3v) is 5.35. The summed E-state index contributed by atoms with van der Waals surface area (Å²) in [6.45, 7) is 4.53. The van der Waals surface area contributed by atoms with Crippen LogP contribution in [0, 0.1) is 0 Å². The predicted octanol–water partition coefficient (Wildman–Crippen LogP) is 5.02. The highest BCUT2D eigenvalue weighted by atomic mass is 35.5. The third kappa shape index (κ3) is 8.97. The van der Waals surface area contributed by atoms with Crippen molar-refractivity contribution in [3.63, 3.8) is 0 Å². The Kier molecular flexibility index (Phi) is 11.2. The molecule has 0 aliphatic carbocycles. The Labute approximate surface area is 199 Å². The Morgan fingerprint density at radius 3 is 1.47 bits per heavy atom. The van der Waals surface area contributed by atoms with Gasteiger partial charge in [0.15, 0.2) is 12.2 Å². The molecule has 2 aromatic carbocycles. The van der Waals surface area contributed by atoms with Gasteiger partial charge in [-0.3, -0.25) is 9.59 Å². The van der Waals surface area contributed by atoms with Gasteiger partial charge in [-0.1, -0.05) is 60.3 Å². The molecule has 0 aliphatic rings. The monoisotopic (exact) mass is 480 g/mol. The molecule has 0 fully saturated rings. The summed E-state index contributed by atoms with van der Waals surface area (Å²) < 4.78 is 11.2. The Morgan fingerprint density at radius 2 is 1.09 bits per heavy atom. The molecule has 8 heteroatoms. The Hall–Kier alpha value is -2.44. The summed E-state index contributed by atoms with van der Waals surface area (Å²) in [6, 6.07) is 14.1. The van der Waals surface area contributed by atoms with Gasteiger partial charge >= 0.3 is 0 Å². The highest BCUT2D eigenvalue weighted by molar-refractivity contribution is 6.32. The second-order valence-electron chi connectivity index (χ2n) is 7.38. The number of hydrogen-bond acceptors (Lipinski definition) is 4. The average Bonchev–Trinajstić information content (AvgIpc) is 2.78. The van der Waals surface area contributed by atoms with Crippen molar-refractivity contribution in [3.8, 4) is 11.5 Å². The number of unbranched alkanes of at least 4 members (excludes halogenated alkanes) is 3. The predicted molar refractivity (Wildman–Crippen MR) is 128 cm³/mol. The first-order chi connectivity index (χ1) is 15.4. The molecule has 0 bridgehead atoms. The van der Waals surface area contributed by atoms with Crippen LogP contribution in [0.2, 0.25) is 10.0 Å². The summed E-state index contributed by atoms with van der Waals surface area (Å²) >= 11 is 12.1. The van der Waals surface area contributed by atoms with Crippen LogP contribution in [0.4, 0.5) is 0 Å². The van der Waals surface area contributed by atoms with Crippen LogP contribution in [0.15, 0.2) is 48.5 Å². The van der Waals surface area contributed by atoms with E-state index in [-0.39, 0.29) is 11.8 Å². The van der Waals surface area contributed by atoms with E-state index in [4.69, 9.17) is 32.7 Å². The molecular weight excluding hydrogens is 451 g/mol. The van der Waals surface area contributed by atoms with Crippen LogP contribution in [0.5, 0.6) is 11.5 Å². The number of carbonyl (C=O) groups is 2. The number of rotatable bonds is 13. The molecule has 2 aromatic rings. The lowest BCUT2D eigenvalue weighted by molar-refractivity contribution is -0.128. The largest absolute Gasteiger partial charge is 0.479 e. The molecule has 0 radical (unpaired) electrons. The van der Waals surface area contributed by atoms with Gasteiger partial charge in [0.2, 0.25) is 0 Å². The Bertz CT molecular complexity index is 807. The maximum Gasteiger partial charge on any atom is 0.260 e. The van der Waals surface area contributed by atoms with E-state index in [1.165, 1.54) is 0 Å². The maximum absolute atomic E-state index is 12.1. The number of benzene rings is 2. The zero-order valence-electron chi connectivity index (χ0n) is 18.4. The average molecular weight is 481 g/mol. The van der Waals surface area contributed by atoms with E-state index in [1.54, 1.807) is 62.4 Å². The topological polar surface area (TPSA) is 76.7 Å². The molecule has 0 saturated heterocycles. The van der Waals surface area contributed by atoms with Crippen LogP contribution < -0.4 is 20.1 Å². The van der Waals surface area contributed by atoms with E-state index < -0.39 is 12.2 Å². The van der Waals surface area contributed by atoms with Crippen molar-refractivity contribution in [2.24, 2.45) is 0 Å². The van der Waals surface area contributed by atoms with Crippen LogP contribution in [-0.4, -0.2) is 37.1 Å². The Morgan fingerprint density at radius 1 is 0.719 bits per heavy atom. The third-order valence-electron chi connectivity index (χ3n) is 4.72. The summed E-state index contributed by atoms with van der Waals surface area (Å²) in [4.78, 5) is 24.3. The fraction of sp³-hybridized carbons (Fsp3) is 0.417. The van der Waals surface area contributed by atoms with Gasteiger partial charge in [-0.25, -0.2) is 0 Å². The van der Waals surface area contributed by atoms with Gasteiger partial charge in [0.05, 0.1) is 10.0 Å². The van der Waals surface area contributed by atoms with Crippen LogP contribution in [0.25, 0.3) is 0 Å². The van der Waals surface area contributed by atoms with Crippen molar-refractivity contribution in [1.82, 2.24) is 10.6 Å². The lowest BCUT2D eigenvalue weighted by Gasteiger charge is -2.16. The van der Waals surface area contributed by atoms with Gasteiger partial charge in [0.25, 0.3) is 11.8 Å². The molecule has 2 N–H and O–H groups in total. The number of ether oxygens (including phenoxy) is 2. The van der Waals surface area contributed by atoms with Crippen molar-refractivity contribution in [1.29, 1.82) is 0 Å². The van der Waals surface area contributed by atoms with Crippen LogP contribution in [-0.2, 0) is 9.59 Å². The van der Waals surface area contributed by atoms with Crippen molar-refractivity contribution < 1.29 is 19.1 Å². The Balaban J connectivity index is 1.52. The molecule has 0 spiro atoms. The fourth-order valence-electron chi connectivity index (χ4n) is 2.88. The lowest BCUT2D eigenvalue weighted by atomic mass is 10.2. The van der Waals surface area contributed by atoms with Crippen LogP contribution in [0.1, 0.15) is 39.5 Å². The van der Waals surface area contributed by atoms with Crippen molar-refractivity contribution in [2.75, 3.05) is 13.1 Å². The molecule has 6 nitrogen and oxygen atoms in total. The standard InChI is InChI=1S/C24H30Cl2N2O4/c1-17(31-21-13-7-5-11-19(21)25)23(29)27-15-9-3-4-10-16-28-24(30)18(2)32-22-14-8-6-12-20(22)26/h5-8,11-14,17-18H,3-4,9-10,15-16H2,1-2H3,(H,27,29)(H,28,30). The molecule has 0 aromatic heterocycles. The second kappa shape index (κ2) is 13.9. The minimum Gasteiger partial charge on any atom is -0.479 e. The van der Waals surface area contributed by atoms with Crippen molar-refractivity contribution in [3.05, 3.63) is 58.6 Å². The van der Waals surface area contributed by atoms with Gasteiger partial charge in [0.1, 0.15) is 11.5 Å². The van der Waals surface area contributed by atoms with Crippen molar-refractivity contribution >= 4 is 35.0 Å². The number of amides is 2. The summed E-state index contributed by atoms with van der Waals surface area (Å²) in [5.74, 6) is 0.630. The number of hydrogen-bond donors (Lipinski definition) is 2. The van der Waals surface area contributed by atoms with Gasteiger partial charge in [-0.05, 0) is 51.0 Å². The summed E-state index contributed by atoms with van der Waals surface area (Å²) in [7, 11) is 0. The van der Waals surface area contributed by atoms with E-state index >= 15 is 0 Å². The highest BCUT2D eigenvalue weighted by Gasteiger charge is 2.16. The molecule has 2 amide bonds. The molecule has 2 rings (SSSR count). The molecule has 0 saturated carbocycles. The molecule has 0 heterocycles. The van der Waals surface area contributed by atoms with Gasteiger partial charge in [-0.2, -0.15) is 0 Å². The van der Waals surface area contributed by atoms with E-state index in [2.05, 4.69) is 10.6 Å². The molecule has 0 aliphatic heterocycles. The van der Waals surface area contributed by atoms with Gasteiger partial charge < -0.3 is 20.1 Å². The molecule has 32 heavy (non-hydrogen) atoms. The summed E-state index contributed by atoms with van der Waals surface area (Å²) in [6.07, 6.45) is 2.35. The molecule has 2 atom stereocenters. The lowest BCUT2D eigenvalue weighted by Crippen LogP contribution is -2.37. The van der Waals surface area contributed by atoms with E-state index in [1.807, 2.05) is 0 Å². The molecular formula is C24H30Cl2N2O4. The zero-order valence-corrected chi connectivity index (χ0v) is 19.9. The first kappa shape index (κ1) is 25.8.